The molecule has 0 saturated heterocycles. The normalized spacial score (nSPS) is 12.1. The molecule has 1 aromatic carbocycles. The third-order valence-corrected chi connectivity index (χ3v) is 6.60. The first-order valence-electron chi connectivity index (χ1n) is 12.8. The van der Waals surface area contributed by atoms with Gasteiger partial charge in [-0.25, -0.2) is 0 Å². The summed E-state index contributed by atoms with van der Waals surface area (Å²) >= 11 is 23.3. The minimum absolute atomic E-state index is 0.0492. The van der Waals surface area contributed by atoms with Crippen LogP contribution in [0.5, 0.6) is 0 Å². The first-order valence-corrected chi connectivity index (χ1v) is 14.4. The number of nitro benzene ring substituents is 1. The van der Waals surface area contributed by atoms with Crippen LogP contribution in [0.2, 0.25) is 0 Å². The lowest BCUT2D eigenvalue weighted by Gasteiger charge is -2.27. The van der Waals surface area contributed by atoms with Crippen molar-refractivity contribution in [3.63, 3.8) is 0 Å². The van der Waals surface area contributed by atoms with Gasteiger partial charge in [0.25, 0.3) is 5.69 Å². The zero-order chi connectivity index (χ0) is 26.8. The third-order valence-electron chi connectivity index (χ3n) is 5.73. The lowest BCUT2D eigenvalue weighted by molar-refractivity contribution is -0.384. The number of benzene rings is 1. The summed E-state index contributed by atoms with van der Waals surface area (Å²) in [6.45, 7) is 2.24. The van der Waals surface area contributed by atoms with Gasteiger partial charge in [-0.05, 0) is 24.7 Å². The number of non-ortho nitro benzene ring substituents is 1. The fourth-order valence-corrected chi connectivity index (χ4v) is 4.29. The number of nitro groups is 1. The van der Waals surface area contributed by atoms with E-state index in [1.165, 1.54) is 82.4 Å². The van der Waals surface area contributed by atoms with Gasteiger partial charge < -0.3 is 16.0 Å². The second kappa shape index (κ2) is 18.8. The van der Waals surface area contributed by atoms with Crippen molar-refractivity contribution in [2.24, 2.45) is 0 Å². The molecule has 204 valence electrons. The lowest BCUT2D eigenvalue weighted by Crippen LogP contribution is -2.56. The Morgan fingerprint density at radius 1 is 0.944 bits per heavy atom. The molecule has 36 heavy (non-hydrogen) atoms. The number of amides is 1. The second-order valence-electron chi connectivity index (χ2n) is 8.94. The fourth-order valence-electron chi connectivity index (χ4n) is 3.73. The number of carbonyl (C=O) groups is 1. The van der Waals surface area contributed by atoms with Gasteiger partial charge in [0.1, 0.15) is 6.17 Å². The first kappa shape index (κ1) is 32.7. The van der Waals surface area contributed by atoms with Crippen LogP contribution >= 0.6 is 47.0 Å². The number of hydrogen-bond donors (Lipinski definition) is 3. The van der Waals surface area contributed by atoms with E-state index in [-0.39, 0.29) is 16.7 Å². The Morgan fingerprint density at radius 2 is 1.47 bits per heavy atom. The van der Waals surface area contributed by atoms with E-state index in [1.54, 1.807) is 6.07 Å². The van der Waals surface area contributed by atoms with Crippen LogP contribution in [-0.2, 0) is 4.79 Å². The molecule has 1 rings (SSSR count). The molecule has 0 heterocycles. The number of hydrogen-bond acceptors (Lipinski definition) is 4. The Balaban J connectivity index is 2.26. The molecule has 0 aromatic heterocycles. The minimum Gasteiger partial charge on any atom is -0.339 e. The van der Waals surface area contributed by atoms with Gasteiger partial charge in [-0.1, -0.05) is 125 Å². The van der Waals surface area contributed by atoms with Crippen molar-refractivity contribution in [2.45, 2.75) is 107 Å². The summed E-state index contributed by atoms with van der Waals surface area (Å²) in [6.07, 6.45) is 15.2. The Labute approximate surface area is 235 Å². The smallest absolute Gasteiger partial charge is 0.271 e. The number of halogens is 3. The van der Waals surface area contributed by atoms with Gasteiger partial charge >= 0.3 is 0 Å². The molecule has 0 saturated carbocycles. The maximum absolute atomic E-state index is 12.4. The van der Waals surface area contributed by atoms with E-state index in [2.05, 4.69) is 22.9 Å². The molecule has 0 unspecified atom stereocenters. The number of unbranched alkanes of at least 4 members (excludes halogenated alkanes) is 12. The Kier molecular flexibility index (Phi) is 17.1. The number of nitrogens with one attached hydrogen (secondary N) is 3. The molecule has 11 heteroatoms. The van der Waals surface area contributed by atoms with Crippen LogP contribution in [0.25, 0.3) is 0 Å². The lowest BCUT2D eigenvalue weighted by atomic mass is 10.0. The quantitative estimate of drug-likeness (QED) is 0.0404. The van der Waals surface area contributed by atoms with Crippen LogP contribution in [-0.4, -0.2) is 25.9 Å². The van der Waals surface area contributed by atoms with Crippen molar-refractivity contribution in [1.82, 2.24) is 10.6 Å². The van der Waals surface area contributed by atoms with Crippen molar-refractivity contribution in [3.8, 4) is 0 Å². The molecule has 3 N–H and O–H groups in total. The van der Waals surface area contributed by atoms with Crippen molar-refractivity contribution in [3.05, 3.63) is 34.4 Å². The molecule has 0 spiro atoms. The first-order chi connectivity index (χ1) is 17.1. The highest BCUT2D eigenvalue weighted by Crippen LogP contribution is 2.29. The Morgan fingerprint density at radius 3 is 1.97 bits per heavy atom. The van der Waals surface area contributed by atoms with Gasteiger partial charge in [0, 0.05) is 24.2 Å². The summed E-state index contributed by atoms with van der Waals surface area (Å²) < 4.78 is -1.86. The van der Waals surface area contributed by atoms with Gasteiger partial charge in [-0.15, -0.1) is 0 Å². The molecule has 0 bridgehead atoms. The van der Waals surface area contributed by atoms with Crippen LogP contribution in [0, 0.1) is 10.1 Å². The molecule has 0 aliphatic heterocycles. The number of carbonyl (C=O) groups excluding carboxylic acids is 1. The van der Waals surface area contributed by atoms with Gasteiger partial charge in [0.15, 0.2) is 5.11 Å². The van der Waals surface area contributed by atoms with Crippen molar-refractivity contribution < 1.29 is 9.72 Å². The van der Waals surface area contributed by atoms with Gasteiger partial charge in [0.05, 0.1) is 4.92 Å². The Bertz CT molecular complexity index is 809. The molecule has 7 nitrogen and oxygen atoms in total. The molecule has 0 radical (unpaired) electrons. The Hall–Kier alpha value is -1.35. The van der Waals surface area contributed by atoms with E-state index in [9.17, 15) is 14.9 Å². The van der Waals surface area contributed by atoms with E-state index in [0.717, 1.165) is 19.3 Å². The van der Waals surface area contributed by atoms with E-state index in [0.29, 0.717) is 12.1 Å². The molecule has 1 atom stereocenters. The van der Waals surface area contributed by atoms with E-state index in [1.807, 2.05) is 0 Å². The highest BCUT2D eigenvalue weighted by Gasteiger charge is 2.34. The predicted octanol–water partition coefficient (Wildman–Crippen LogP) is 8.18. The molecule has 0 aliphatic carbocycles. The number of rotatable bonds is 18. The van der Waals surface area contributed by atoms with Crippen LogP contribution in [0.15, 0.2) is 24.3 Å². The van der Waals surface area contributed by atoms with Crippen LogP contribution in [0.4, 0.5) is 11.4 Å². The largest absolute Gasteiger partial charge is 0.339 e. The van der Waals surface area contributed by atoms with Gasteiger partial charge in [0.2, 0.25) is 9.70 Å². The van der Waals surface area contributed by atoms with E-state index < -0.39 is 14.9 Å². The van der Waals surface area contributed by atoms with Crippen molar-refractivity contribution in [1.29, 1.82) is 0 Å². The summed E-state index contributed by atoms with van der Waals surface area (Å²) in [5.41, 5.74) is 0.301. The zero-order valence-corrected chi connectivity index (χ0v) is 24.1. The molecule has 1 aromatic rings. The second-order valence-corrected chi connectivity index (χ2v) is 11.7. The van der Waals surface area contributed by atoms with Gasteiger partial charge in [-0.2, -0.15) is 0 Å². The SMILES string of the molecule is CCCCCCCCCCCCCCCC(=O)N[C@@H](NC(=S)Nc1cccc([N+](=O)[O-])c1)C(Cl)(Cl)Cl. The molecule has 1 amide bonds. The predicted molar refractivity (Wildman–Crippen MR) is 155 cm³/mol. The zero-order valence-electron chi connectivity index (χ0n) is 21.0. The van der Waals surface area contributed by atoms with Crippen molar-refractivity contribution in [2.75, 3.05) is 5.32 Å². The summed E-state index contributed by atoms with van der Waals surface area (Å²) in [5, 5.41) is 19.2. The summed E-state index contributed by atoms with van der Waals surface area (Å²) in [7, 11) is 0. The average molecular weight is 582 g/mol. The highest BCUT2D eigenvalue weighted by atomic mass is 35.6. The van der Waals surface area contributed by atoms with Gasteiger partial charge in [-0.3, -0.25) is 14.9 Å². The topological polar surface area (TPSA) is 96.3 Å². The summed E-state index contributed by atoms with van der Waals surface area (Å²) in [5.74, 6) is -0.250. The number of anilines is 1. The fraction of sp³-hybridized carbons (Fsp3) is 0.680. The molecular formula is C25H39Cl3N4O3S. The third kappa shape index (κ3) is 15.7. The maximum atomic E-state index is 12.4. The molecule has 0 fully saturated rings. The number of alkyl halides is 3. The van der Waals surface area contributed by atoms with Crippen molar-refractivity contribution >= 4 is 69.4 Å². The van der Waals surface area contributed by atoms with Crippen LogP contribution in [0.3, 0.4) is 0 Å². The standard InChI is InChI=1S/C25H39Cl3N4O3S/c1-2-3-4-5-6-7-8-9-10-11-12-13-14-18-22(33)30-23(25(26,27)28)31-24(36)29-20-16-15-17-21(19-20)32(34)35/h15-17,19,23H,2-14,18H2,1H3,(H,30,33)(H2,29,31,36)/t23-/m0/s1. The van der Waals surface area contributed by atoms with E-state index in [4.69, 9.17) is 47.0 Å². The molecular weight excluding hydrogens is 543 g/mol. The average Bonchev–Trinajstić information content (AvgIpc) is 2.81. The molecule has 0 aliphatic rings. The number of thiocarbonyl (C=S) groups is 1. The summed E-state index contributed by atoms with van der Waals surface area (Å²) in [6, 6.07) is 5.82. The van der Waals surface area contributed by atoms with Crippen LogP contribution in [0.1, 0.15) is 96.8 Å². The maximum Gasteiger partial charge on any atom is 0.271 e. The monoisotopic (exact) mass is 580 g/mol. The highest BCUT2D eigenvalue weighted by molar-refractivity contribution is 7.80. The minimum atomic E-state index is -1.86. The number of nitrogens with zero attached hydrogens (tertiary/aromatic N) is 1. The summed E-state index contributed by atoms with van der Waals surface area (Å²) in [4.78, 5) is 22.8. The van der Waals surface area contributed by atoms with Crippen LogP contribution < -0.4 is 16.0 Å². The van der Waals surface area contributed by atoms with E-state index >= 15 is 0 Å².